The summed E-state index contributed by atoms with van der Waals surface area (Å²) in [6.07, 6.45) is 6.74. The number of benzene rings is 8. The summed E-state index contributed by atoms with van der Waals surface area (Å²) in [7, 11) is 0. The van der Waals surface area contributed by atoms with Crippen molar-refractivity contribution in [3.05, 3.63) is 234 Å². The van der Waals surface area contributed by atoms with Gasteiger partial charge in [0.1, 0.15) is 5.84 Å². The smallest absolute Gasteiger partial charge is 0.133 e. The average molecular weight is 770 g/mol. The second kappa shape index (κ2) is 13.9. The van der Waals surface area contributed by atoms with Crippen LogP contribution in [-0.4, -0.2) is 15.0 Å². The van der Waals surface area contributed by atoms with Crippen LogP contribution in [0.3, 0.4) is 0 Å². The van der Waals surface area contributed by atoms with Gasteiger partial charge in [0.15, 0.2) is 0 Å². The molecule has 4 heterocycles. The summed E-state index contributed by atoms with van der Waals surface area (Å²) < 4.78 is 4.84. The quantitative estimate of drug-likeness (QED) is 0.177. The summed E-state index contributed by atoms with van der Waals surface area (Å²) in [5.74, 6) is 0.844. The first-order chi connectivity index (χ1) is 29.7. The molecule has 0 saturated carbocycles. The molecular formula is C55H39N5. The predicted molar refractivity (Wildman–Crippen MR) is 250 cm³/mol. The van der Waals surface area contributed by atoms with Crippen LogP contribution in [0.2, 0.25) is 0 Å². The molecule has 2 unspecified atom stereocenters. The number of nitrogens with zero attached hydrogens (tertiary/aromatic N) is 3. The molecule has 2 aliphatic rings. The molecule has 0 bridgehead atoms. The van der Waals surface area contributed by atoms with E-state index in [0.717, 1.165) is 45.3 Å². The lowest BCUT2D eigenvalue weighted by atomic mass is 9.96. The van der Waals surface area contributed by atoms with Gasteiger partial charge in [-0.25, -0.2) is 0 Å². The summed E-state index contributed by atoms with van der Waals surface area (Å²) >= 11 is 0. The number of para-hydroxylation sites is 5. The van der Waals surface area contributed by atoms with Gasteiger partial charge in [0.25, 0.3) is 0 Å². The standard InChI is InChI=1S/C55H39N5/c1-2-15-39(16-3-1)55-57-49(38-28-26-37(27-29-38)48-31-30-36-14-4-9-21-47(36)56-48)35-50(58-55)40-32-41(59-51-22-10-5-17-43(51)44-18-6-11-23-52(44)59)34-42(33-40)60-53-24-12-7-19-45(53)46-20-8-13-25-54(46)60/h1-35,48,50,56H,(H,57,58). The van der Waals surface area contributed by atoms with Crippen LogP contribution in [-0.2, 0) is 0 Å². The molecule has 0 fully saturated rings. The molecule has 0 radical (unpaired) electrons. The van der Waals surface area contributed by atoms with Crippen molar-refractivity contribution in [2.75, 3.05) is 5.32 Å². The topological polar surface area (TPSA) is 46.3 Å². The van der Waals surface area contributed by atoms with Crippen molar-refractivity contribution in [2.24, 2.45) is 4.99 Å². The lowest BCUT2D eigenvalue weighted by Gasteiger charge is -2.25. The summed E-state index contributed by atoms with van der Waals surface area (Å²) in [6.45, 7) is 0. The minimum Gasteiger partial charge on any atom is -0.374 e. The van der Waals surface area contributed by atoms with E-state index in [0.29, 0.717) is 0 Å². The van der Waals surface area contributed by atoms with E-state index in [-0.39, 0.29) is 12.1 Å². The van der Waals surface area contributed by atoms with Crippen molar-refractivity contribution in [1.29, 1.82) is 0 Å². The Labute approximate surface area is 347 Å². The molecule has 5 heteroatoms. The fraction of sp³-hybridized carbons (Fsp3) is 0.0364. The molecule has 0 amide bonds. The maximum Gasteiger partial charge on any atom is 0.133 e. The molecule has 0 spiro atoms. The van der Waals surface area contributed by atoms with Crippen LogP contribution in [0.5, 0.6) is 0 Å². The number of anilines is 1. The van der Waals surface area contributed by atoms with Crippen LogP contribution in [0.25, 0.3) is 66.8 Å². The molecule has 8 aromatic carbocycles. The lowest BCUT2D eigenvalue weighted by molar-refractivity contribution is 0.875. The minimum atomic E-state index is -0.282. The van der Waals surface area contributed by atoms with E-state index in [1.807, 2.05) is 0 Å². The van der Waals surface area contributed by atoms with Crippen molar-refractivity contribution in [2.45, 2.75) is 12.1 Å². The van der Waals surface area contributed by atoms with Crippen molar-refractivity contribution >= 4 is 66.9 Å². The lowest BCUT2D eigenvalue weighted by Crippen LogP contribution is -2.27. The molecule has 2 aromatic heterocycles. The van der Waals surface area contributed by atoms with E-state index in [1.54, 1.807) is 0 Å². The van der Waals surface area contributed by atoms with E-state index < -0.39 is 0 Å². The highest BCUT2D eigenvalue weighted by Crippen LogP contribution is 2.39. The van der Waals surface area contributed by atoms with Gasteiger partial charge in [-0.2, -0.15) is 0 Å². The van der Waals surface area contributed by atoms with Gasteiger partial charge in [0.05, 0.1) is 34.2 Å². The Balaban J connectivity index is 1.05. The van der Waals surface area contributed by atoms with Crippen molar-refractivity contribution in [3.8, 4) is 11.4 Å². The Morgan fingerprint density at radius 1 is 0.450 bits per heavy atom. The zero-order chi connectivity index (χ0) is 39.6. The monoisotopic (exact) mass is 769 g/mol. The van der Waals surface area contributed by atoms with E-state index >= 15 is 0 Å². The third kappa shape index (κ3) is 5.66. The molecule has 60 heavy (non-hydrogen) atoms. The van der Waals surface area contributed by atoms with Crippen LogP contribution in [0.1, 0.15) is 39.9 Å². The second-order valence-corrected chi connectivity index (χ2v) is 15.7. The van der Waals surface area contributed by atoms with E-state index in [4.69, 9.17) is 4.99 Å². The van der Waals surface area contributed by atoms with Gasteiger partial charge >= 0.3 is 0 Å². The first-order valence-corrected chi connectivity index (χ1v) is 20.6. The van der Waals surface area contributed by atoms with Crippen LogP contribution >= 0.6 is 0 Å². The van der Waals surface area contributed by atoms with Crippen LogP contribution in [0.15, 0.2) is 211 Å². The number of amidine groups is 1. The molecule has 2 aliphatic heterocycles. The largest absolute Gasteiger partial charge is 0.374 e. The number of rotatable bonds is 6. The molecule has 0 saturated heterocycles. The number of fused-ring (bicyclic) bond motifs is 7. The molecule has 2 atom stereocenters. The highest BCUT2D eigenvalue weighted by Gasteiger charge is 2.24. The Morgan fingerprint density at radius 3 is 1.55 bits per heavy atom. The van der Waals surface area contributed by atoms with E-state index in [9.17, 15) is 0 Å². The molecule has 284 valence electrons. The summed E-state index contributed by atoms with van der Waals surface area (Å²) in [5, 5.41) is 12.4. The third-order valence-corrected chi connectivity index (χ3v) is 12.2. The van der Waals surface area contributed by atoms with Gasteiger partial charge in [-0.1, -0.05) is 158 Å². The number of hydrogen-bond acceptors (Lipinski definition) is 3. The average Bonchev–Trinajstić information content (AvgIpc) is 3.85. The number of hydrogen-bond donors (Lipinski definition) is 2. The Hall–Kier alpha value is -7.89. The Bertz CT molecular complexity index is 3140. The van der Waals surface area contributed by atoms with Crippen LogP contribution < -0.4 is 10.6 Å². The fourth-order valence-electron chi connectivity index (χ4n) is 9.32. The normalized spacial score (nSPS) is 16.1. The highest BCUT2D eigenvalue weighted by atomic mass is 15.1. The van der Waals surface area contributed by atoms with Gasteiger partial charge in [0, 0.05) is 49.9 Å². The van der Waals surface area contributed by atoms with E-state index in [2.05, 4.69) is 232 Å². The first kappa shape index (κ1) is 34.2. The van der Waals surface area contributed by atoms with Crippen molar-refractivity contribution < 1.29 is 0 Å². The Morgan fingerprint density at radius 2 is 0.967 bits per heavy atom. The second-order valence-electron chi connectivity index (χ2n) is 15.7. The maximum atomic E-state index is 5.50. The zero-order valence-corrected chi connectivity index (χ0v) is 32.7. The number of nitrogens with one attached hydrogen (secondary N) is 2. The van der Waals surface area contributed by atoms with E-state index in [1.165, 1.54) is 54.7 Å². The Kier molecular flexibility index (Phi) is 7.91. The zero-order valence-electron chi connectivity index (χ0n) is 32.7. The molecule has 0 aliphatic carbocycles. The minimum absolute atomic E-state index is 0.0966. The highest BCUT2D eigenvalue weighted by molar-refractivity contribution is 6.11. The SMILES string of the molecule is C1=CC(c2ccc(C3=CC(c4cc(-n5c6ccccc6c6ccccc65)cc(-n5c6ccccc6c6ccccc65)c4)N=C(c4ccccc4)N3)cc2)Nc2ccccc21. The number of aromatic nitrogens is 2. The maximum absolute atomic E-state index is 5.50. The van der Waals surface area contributed by atoms with Gasteiger partial charge < -0.3 is 19.8 Å². The molecule has 12 rings (SSSR count). The summed E-state index contributed by atoms with van der Waals surface area (Å²) in [6, 6.07) is 69.6. The predicted octanol–water partition coefficient (Wildman–Crippen LogP) is 13.2. The number of aliphatic imine (C=N–C) groups is 1. The summed E-state index contributed by atoms with van der Waals surface area (Å²) in [5.41, 5.74) is 14.7. The van der Waals surface area contributed by atoms with Gasteiger partial charge in [0.2, 0.25) is 0 Å². The third-order valence-electron chi connectivity index (χ3n) is 12.2. The molecular weight excluding hydrogens is 731 g/mol. The molecule has 5 nitrogen and oxygen atoms in total. The van der Waals surface area contributed by atoms with Gasteiger partial charge in [-0.15, -0.1) is 0 Å². The summed E-state index contributed by atoms with van der Waals surface area (Å²) in [4.78, 5) is 5.50. The van der Waals surface area contributed by atoms with Crippen LogP contribution in [0, 0.1) is 0 Å². The van der Waals surface area contributed by atoms with Crippen molar-refractivity contribution in [3.63, 3.8) is 0 Å². The molecule has 10 aromatic rings. The van der Waals surface area contributed by atoms with Crippen LogP contribution in [0.4, 0.5) is 5.69 Å². The molecule has 2 N–H and O–H groups in total. The first-order valence-electron chi connectivity index (χ1n) is 20.6. The van der Waals surface area contributed by atoms with Crippen molar-refractivity contribution in [1.82, 2.24) is 14.5 Å². The van der Waals surface area contributed by atoms with Gasteiger partial charge in [-0.05, 0) is 76.9 Å². The van der Waals surface area contributed by atoms with Gasteiger partial charge in [-0.3, -0.25) is 4.99 Å². The fourth-order valence-corrected chi connectivity index (χ4v) is 9.32.